The zero-order chi connectivity index (χ0) is 14.7. The van der Waals surface area contributed by atoms with Gasteiger partial charge in [-0.15, -0.1) is 23.1 Å². The van der Waals surface area contributed by atoms with Crippen molar-refractivity contribution in [2.24, 2.45) is 0 Å². The minimum Gasteiger partial charge on any atom is -0.301 e. The Morgan fingerprint density at radius 2 is 2.43 bits per heavy atom. The van der Waals surface area contributed by atoms with Crippen molar-refractivity contribution in [2.45, 2.75) is 12.5 Å². The van der Waals surface area contributed by atoms with Gasteiger partial charge in [0.1, 0.15) is 5.82 Å². The van der Waals surface area contributed by atoms with Gasteiger partial charge in [-0.1, -0.05) is 12.1 Å². The molecule has 2 heterocycles. The number of benzene rings is 1. The summed E-state index contributed by atoms with van der Waals surface area (Å²) in [6, 6.07) is 6.36. The van der Waals surface area contributed by atoms with Gasteiger partial charge in [-0.05, 0) is 17.7 Å². The first-order chi connectivity index (χ1) is 10.2. The highest BCUT2D eigenvalue weighted by Crippen LogP contribution is 2.22. The van der Waals surface area contributed by atoms with Crippen LogP contribution in [-0.2, 0) is 11.2 Å². The molecule has 2 aromatic rings. The fraction of sp³-hybridized carbons (Fsp3) is 0.286. The van der Waals surface area contributed by atoms with Gasteiger partial charge < -0.3 is 5.32 Å². The summed E-state index contributed by atoms with van der Waals surface area (Å²) in [5.41, 5.74) is 0.894. The van der Waals surface area contributed by atoms with Crippen LogP contribution in [0.3, 0.4) is 0 Å². The van der Waals surface area contributed by atoms with Crippen molar-refractivity contribution in [1.29, 1.82) is 0 Å². The van der Waals surface area contributed by atoms with E-state index in [0.29, 0.717) is 11.6 Å². The summed E-state index contributed by atoms with van der Waals surface area (Å²) in [5.74, 6) is 1.30. The number of rotatable bonds is 4. The number of nitrogens with one attached hydrogen (secondary N) is 2. The molecule has 0 bridgehead atoms. The van der Waals surface area contributed by atoms with Crippen LogP contribution in [0.5, 0.6) is 0 Å². The van der Waals surface area contributed by atoms with Crippen molar-refractivity contribution >= 4 is 34.1 Å². The minimum atomic E-state index is -0.240. The largest absolute Gasteiger partial charge is 0.301 e. The van der Waals surface area contributed by atoms with Gasteiger partial charge in [0.2, 0.25) is 5.91 Å². The Morgan fingerprint density at radius 3 is 3.19 bits per heavy atom. The Kier molecular flexibility index (Phi) is 4.52. The normalized spacial score (nSPS) is 17.9. The Hall–Kier alpha value is -1.44. The van der Waals surface area contributed by atoms with Gasteiger partial charge in [-0.25, -0.2) is 9.37 Å². The second kappa shape index (κ2) is 6.55. The minimum absolute atomic E-state index is 0.0494. The van der Waals surface area contributed by atoms with Crippen LogP contribution < -0.4 is 10.6 Å². The van der Waals surface area contributed by atoms with Crippen molar-refractivity contribution < 1.29 is 9.18 Å². The predicted octanol–water partition coefficient (Wildman–Crippen LogP) is 2.47. The Balaban J connectivity index is 1.62. The molecular formula is C14H14FN3OS2. The van der Waals surface area contributed by atoms with Crippen molar-refractivity contribution in [1.82, 2.24) is 10.3 Å². The first-order valence-corrected chi connectivity index (χ1v) is 8.49. The quantitative estimate of drug-likeness (QED) is 0.908. The molecule has 4 nitrogen and oxygen atoms in total. The fourth-order valence-electron chi connectivity index (χ4n) is 2.05. The molecule has 7 heteroatoms. The molecule has 2 N–H and O–H groups in total. The molecule has 1 atom stereocenters. The van der Waals surface area contributed by atoms with Gasteiger partial charge >= 0.3 is 0 Å². The molecule has 3 rings (SSSR count). The number of nitrogens with zero attached hydrogens (tertiary/aromatic N) is 1. The van der Waals surface area contributed by atoms with E-state index in [9.17, 15) is 9.18 Å². The lowest BCUT2D eigenvalue weighted by molar-refractivity contribution is -0.117. The van der Waals surface area contributed by atoms with E-state index in [1.165, 1.54) is 23.5 Å². The molecule has 1 aromatic heterocycles. The van der Waals surface area contributed by atoms with Crippen molar-refractivity contribution in [3.8, 4) is 0 Å². The lowest BCUT2D eigenvalue weighted by Crippen LogP contribution is -2.37. The lowest BCUT2D eigenvalue weighted by Gasteiger charge is -2.07. The van der Waals surface area contributed by atoms with Crippen LogP contribution in [0.4, 0.5) is 9.52 Å². The van der Waals surface area contributed by atoms with E-state index in [1.807, 2.05) is 6.07 Å². The smallest absolute Gasteiger partial charge is 0.244 e. The number of carbonyl (C=O) groups is 1. The number of anilines is 1. The summed E-state index contributed by atoms with van der Waals surface area (Å²) in [7, 11) is 0. The summed E-state index contributed by atoms with van der Waals surface area (Å²) < 4.78 is 13.1. The molecule has 1 unspecified atom stereocenters. The maximum absolute atomic E-state index is 13.1. The topological polar surface area (TPSA) is 54.0 Å². The van der Waals surface area contributed by atoms with E-state index in [0.717, 1.165) is 22.1 Å². The van der Waals surface area contributed by atoms with Crippen LogP contribution in [0.2, 0.25) is 0 Å². The van der Waals surface area contributed by atoms with E-state index in [4.69, 9.17) is 0 Å². The fourth-order valence-corrected chi connectivity index (χ4v) is 3.84. The number of thiazole rings is 1. The molecule has 0 aliphatic carbocycles. The first-order valence-electron chi connectivity index (χ1n) is 6.52. The summed E-state index contributed by atoms with van der Waals surface area (Å²) in [4.78, 5) is 17.2. The van der Waals surface area contributed by atoms with E-state index in [-0.39, 0.29) is 17.8 Å². The highest BCUT2D eigenvalue weighted by atomic mass is 32.2. The van der Waals surface area contributed by atoms with E-state index in [2.05, 4.69) is 15.6 Å². The average Bonchev–Trinajstić information content (AvgIpc) is 3.10. The number of amides is 1. The Bertz CT molecular complexity index is 641. The molecule has 1 fully saturated rings. The third-order valence-corrected chi connectivity index (χ3v) is 4.94. The number of carbonyl (C=O) groups excluding carboxylic acids is 1. The van der Waals surface area contributed by atoms with Gasteiger partial charge in [-0.2, -0.15) is 0 Å². The maximum atomic E-state index is 13.1. The van der Waals surface area contributed by atoms with Crippen molar-refractivity contribution in [2.75, 3.05) is 16.9 Å². The molecule has 1 saturated heterocycles. The average molecular weight is 323 g/mol. The Morgan fingerprint density at radius 1 is 1.52 bits per heavy atom. The van der Waals surface area contributed by atoms with Crippen molar-refractivity contribution in [3.63, 3.8) is 0 Å². The zero-order valence-corrected chi connectivity index (χ0v) is 12.8. The molecule has 1 amide bonds. The zero-order valence-electron chi connectivity index (χ0n) is 11.1. The van der Waals surface area contributed by atoms with Crippen molar-refractivity contribution in [3.05, 3.63) is 46.7 Å². The van der Waals surface area contributed by atoms with Gasteiger partial charge in [0, 0.05) is 29.1 Å². The van der Waals surface area contributed by atoms with Crippen LogP contribution in [0, 0.1) is 5.82 Å². The summed E-state index contributed by atoms with van der Waals surface area (Å²) >= 11 is 3.13. The molecule has 0 radical (unpaired) electrons. The van der Waals surface area contributed by atoms with Crippen LogP contribution in [0.1, 0.15) is 10.4 Å². The molecule has 110 valence electrons. The molecule has 21 heavy (non-hydrogen) atoms. The van der Waals surface area contributed by atoms with E-state index in [1.54, 1.807) is 24.0 Å². The monoisotopic (exact) mass is 323 g/mol. The van der Waals surface area contributed by atoms with Gasteiger partial charge in [0.05, 0.1) is 6.04 Å². The predicted molar refractivity (Wildman–Crippen MR) is 84.2 cm³/mol. The number of thioether (sulfide) groups is 1. The van der Waals surface area contributed by atoms with E-state index >= 15 is 0 Å². The molecule has 0 spiro atoms. The Labute approximate surface area is 130 Å². The molecule has 0 saturated carbocycles. The number of halogens is 1. The summed E-state index contributed by atoms with van der Waals surface area (Å²) in [6.07, 6.45) is 2.34. The second-order valence-electron chi connectivity index (χ2n) is 4.70. The van der Waals surface area contributed by atoms with Gasteiger partial charge in [-0.3, -0.25) is 10.1 Å². The standard InChI is InChI=1S/C14H14FN3OS2/c15-10-3-1-2-9(4-10)5-11-6-16-14(21-11)18-13(19)12-7-20-8-17-12/h1-4,6,12,17H,5,7-8H2,(H,16,18,19). The third-order valence-electron chi connectivity index (χ3n) is 3.08. The lowest BCUT2D eigenvalue weighted by atomic mass is 10.1. The highest BCUT2D eigenvalue weighted by molar-refractivity contribution is 7.99. The number of hydrogen-bond donors (Lipinski definition) is 2. The molecule has 1 aliphatic heterocycles. The number of hydrogen-bond acceptors (Lipinski definition) is 5. The van der Waals surface area contributed by atoms with E-state index < -0.39 is 0 Å². The first kappa shape index (κ1) is 14.5. The van der Waals surface area contributed by atoms with Crippen LogP contribution in [-0.4, -0.2) is 28.6 Å². The third kappa shape index (κ3) is 3.81. The van der Waals surface area contributed by atoms with Gasteiger partial charge in [0.25, 0.3) is 0 Å². The molecular weight excluding hydrogens is 309 g/mol. The van der Waals surface area contributed by atoms with Crippen LogP contribution in [0.25, 0.3) is 0 Å². The van der Waals surface area contributed by atoms with Gasteiger partial charge in [0.15, 0.2) is 5.13 Å². The molecule has 1 aliphatic rings. The SMILES string of the molecule is O=C(Nc1ncc(Cc2cccc(F)c2)s1)C1CSCN1. The number of aromatic nitrogens is 1. The maximum Gasteiger partial charge on any atom is 0.244 e. The summed E-state index contributed by atoms with van der Waals surface area (Å²) in [6.45, 7) is 0. The highest BCUT2D eigenvalue weighted by Gasteiger charge is 2.23. The second-order valence-corrected chi connectivity index (χ2v) is 6.84. The molecule has 1 aromatic carbocycles. The summed E-state index contributed by atoms with van der Waals surface area (Å²) in [5, 5.41) is 6.52. The van der Waals surface area contributed by atoms with Crippen LogP contribution >= 0.6 is 23.1 Å². The van der Waals surface area contributed by atoms with Crippen LogP contribution in [0.15, 0.2) is 30.5 Å².